The molecule has 0 fully saturated rings. The third-order valence-corrected chi connectivity index (χ3v) is 3.65. The standard InChI is InChI=1S/C14H23NO2/c1-5-14(6-2,17-4)13(15)11-7-9-12(16-3)10-8-11/h7-10,13H,5-6,15H2,1-4H3. The normalized spacial score (nSPS) is 13.5. The van der Waals surface area contributed by atoms with Crippen molar-refractivity contribution < 1.29 is 9.47 Å². The van der Waals surface area contributed by atoms with E-state index >= 15 is 0 Å². The second-order valence-electron chi connectivity index (χ2n) is 4.23. The number of hydrogen-bond acceptors (Lipinski definition) is 3. The summed E-state index contributed by atoms with van der Waals surface area (Å²) >= 11 is 0. The molecule has 1 unspecified atom stereocenters. The zero-order valence-electron chi connectivity index (χ0n) is 11.2. The molecule has 0 heterocycles. The van der Waals surface area contributed by atoms with Crippen molar-refractivity contribution in [2.45, 2.75) is 38.3 Å². The lowest BCUT2D eigenvalue weighted by Gasteiger charge is -2.36. The molecule has 0 saturated heterocycles. The van der Waals surface area contributed by atoms with Crippen LogP contribution in [0.2, 0.25) is 0 Å². The van der Waals surface area contributed by atoms with Gasteiger partial charge in [-0.25, -0.2) is 0 Å². The van der Waals surface area contributed by atoms with Gasteiger partial charge in [0.05, 0.1) is 18.8 Å². The molecule has 0 spiro atoms. The summed E-state index contributed by atoms with van der Waals surface area (Å²) in [6.45, 7) is 4.22. The summed E-state index contributed by atoms with van der Waals surface area (Å²) in [5.74, 6) is 0.844. The highest BCUT2D eigenvalue weighted by Crippen LogP contribution is 2.33. The largest absolute Gasteiger partial charge is 0.497 e. The van der Waals surface area contributed by atoms with E-state index in [1.54, 1.807) is 14.2 Å². The molecule has 0 bridgehead atoms. The van der Waals surface area contributed by atoms with Crippen molar-refractivity contribution in [3.8, 4) is 5.75 Å². The van der Waals surface area contributed by atoms with Gasteiger partial charge in [-0.3, -0.25) is 0 Å². The van der Waals surface area contributed by atoms with E-state index in [2.05, 4.69) is 13.8 Å². The zero-order chi connectivity index (χ0) is 12.9. The molecule has 1 atom stereocenters. The summed E-state index contributed by atoms with van der Waals surface area (Å²) in [7, 11) is 3.39. The Balaban J connectivity index is 2.96. The summed E-state index contributed by atoms with van der Waals surface area (Å²) in [6.07, 6.45) is 1.79. The maximum absolute atomic E-state index is 6.33. The lowest BCUT2D eigenvalue weighted by Crippen LogP contribution is -2.42. The molecule has 0 radical (unpaired) electrons. The van der Waals surface area contributed by atoms with Crippen molar-refractivity contribution in [2.24, 2.45) is 5.73 Å². The highest BCUT2D eigenvalue weighted by molar-refractivity contribution is 5.30. The van der Waals surface area contributed by atoms with Crippen LogP contribution in [0.1, 0.15) is 38.3 Å². The quantitative estimate of drug-likeness (QED) is 0.827. The molecule has 1 aromatic carbocycles. The fourth-order valence-electron chi connectivity index (χ4n) is 2.22. The third kappa shape index (κ3) is 2.79. The second-order valence-corrected chi connectivity index (χ2v) is 4.23. The lowest BCUT2D eigenvalue weighted by atomic mass is 9.84. The van der Waals surface area contributed by atoms with Crippen molar-refractivity contribution in [1.29, 1.82) is 0 Å². The first-order valence-electron chi connectivity index (χ1n) is 6.08. The Morgan fingerprint density at radius 2 is 1.65 bits per heavy atom. The lowest BCUT2D eigenvalue weighted by molar-refractivity contribution is -0.0385. The summed E-state index contributed by atoms with van der Waals surface area (Å²) in [6, 6.07) is 7.75. The first kappa shape index (κ1) is 14.0. The molecule has 1 aromatic rings. The average molecular weight is 237 g/mol. The summed E-state index contributed by atoms with van der Waals surface area (Å²) < 4.78 is 10.8. The fourth-order valence-corrected chi connectivity index (χ4v) is 2.22. The number of ether oxygens (including phenoxy) is 2. The van der Waals surface area contributed by atoms with Crippen LogP contribution in [-0.4, -0.2) is 19.8 Å². The van der Waals surface area contributed by atoms with Gasteiger partial charge in [-0.05, 0) is 30.5 Å². The minimum atomic E-state index is -0.283. The minimum absolute atomic E-state index is 0.117. The highest BCUT2D eigenvalue weighted by Gasteiger charge is 2.34. The van der Waals surface area contributed by atoms with Gasteiger partial charge in [0, 0.05) is 7.11 Å². The number of methoxy groups -OCH3 is 2. The zero-order valence-corrected chi connectivity index (χ0v) is 11.2. The van der Waals surface area contributed by atoms with Crippen LogP contribution in [-0.2, 0) is 4.74 Å². The smallest absolute Gasteiger partial charge is 0.118 e. The fraction of sp³-hybridized carbons (Fsp3) is 0.571. The second kappa shape index (κ2) is 6.03. The van der Waals surface area contributed by atoms with Crippen molar-refractivity contribution >= 4 is 0 Å². The Hall–Kier alpha value is -1.06. The predicted molar refractivity (Wildman–Crippen MR) is 70.2 cm³/mol. The predicted octanol–water partition coefficient (Wildman–Crippen LogP) is 2.90. The van der Waals surface area contributed by atoms with Crippen LogP contribution in [0, 0.1) is 0 Å². The van der Waals surface area contributed by atoms with Crippen LogP contribution >= 0.6 is 0 Å². The van der Waals surface area contributed by atoms with Gasteiger partial charge < -0.3 is 15.2 Å². The van der Waals surface area contributed by atoms with Gasteiger partial charge in [-0.1, -0.05) is 26.0 Å². The molecule has 0 aliphatic carbocycles. The van der Waals surface area contributed by atoms with E-state index in [0.29, 0.717) is 0 Å². The monoisotopic (exact) mass is 237 g/mol. The Morgan fingerprint density at radius 1 is 1.12 bits per heavy atom. The number of hydrogen-bond donors (Lipinski definition) is 1. The van der Waals surface area contributed by atoms with Gasteiger partial charge in [0.15, 0.2) is 0 Å². The van der Waals surface area contributed by atoms with Gasteiger partial charge in [0.25, 0.3) is 0 Å². The van der Waals surface area contributed by atoms with Crippen molar-refractivity contribution in [2.75, 3.05) is 14.2 Å². The van der Waals surface area contributed by atoms with Gasteiger partial charge >= 0.3 is 0 Å². The first-order valence-corrected chi connectivity index (χ1v) is 6.08. The Morgan fingerprint density at radius 3 is 2.00 bits per heavy atom. The Labute approximate surface area is 104 Å². The van der Waals surface area contributed by atoms with Crippen LogP contribution in [0.15, 0.2) is 24.3 Å². The SMILES string of the molecule is CCC(CC)(OC)C(N)c1ccc(OC)cc1. The molecule has 0 aliphatic heterocycles. The van der Waals surface area contributed by atoms with E-state index in [1.165, 1.54) is 0 Å². The number of rotatable bonds is 6. The molecular weight excluding hydrogens is 214 g/mol. The molecular formula is C14H23NO2. The summed E-state index contributed by atoms with van der Waals surface area (Å²) in [5.41, 5.74) is 7.13. The van der Waals surface area contributed by atoms with E-state index in [0.717, 1.165) is 24.2 Å². The van der Waals surface area contributed by atoms with Gasteiger partial charge in [0.1, 0.15) is 5.75 Å². The molecule has 0 amide bonds. The van der Waals surface area contributed by atoms with Crippen molar-refractivity contribution in [3.63, 3.8) is 0 Å². The topological polar surface area (TPSA) is 44.5 Å². The molecule has 0 aromatic heterocycles. The van der Waals surface area contributed by atoms with Crippen molar-refractivity contribution in [3.05, 3.63) is 29.8 Å². The molecule has 3 nitrogen and oxygen atoms in total. The molecule has 1 rings (SSSR count). The van der Waals surface area contributed by atoms with Gasteiger partial charge in [0.2, 0.25) is 0 Å². The third-order valence-electron chi connectivity index (χ3n) is 3.65. The average Bonchev–Trinajstić information content (AvgIpc) is 2.41. The highest BCUT2D eigenvalue weighted by atomic mass is 16.5. The van der Waals surface area contributed by atoms with Crippen LogP contribution in [0.25, 0.3) is 0 Å². The molecule has 2 N–H and O–H groups in total. The van der Waals surface area contributed by atoms with Crippen LogP contribution < -0.4 is 10.5 Å². The van der Waals surface area contributed by atoms with E-state index in [-0.39, 0.29) is 11.6 Å². The Kier molecular flexibility index (Phi) is 4.97. The van der Waals surface area contributed by atoms with Crippen LogP contribution in [0.3, 0.4) is 0 Å². The van der Waals surface area contributed by atoms with Gasteiger partial charge in [-0.2, -0.15) is 0 Å². The van der Waals surface area contributed by atoms with Gasteiger partial charge in [-0.15, -0.1) is 0 Å². The molecule has 17 heavy (non-hydrogen) atoms. The maximum Gasteiger partial charge on any atom is 0.118 e. The van der Waals surface area contributed by atoms with E-state index in [9.17, 15) is 0 Å². The molecule has 3 heteroatoms. The Bertz CT molecular complexity index is 322. The van der Waals surface area contributed by atoms with E-state index < -0.39 is 0 Å². The van der Waals surface area contributed by atoms with E-state index in [1.807, 2.05) is 24.3 Å². The van der Waals surface area contributed by atoms with Crippen LogP contribution in [0.5, 0.6) is 5.75 Å². The number of benzene rings is 1. The number of nitrogens with two attached hydrogens (primary N) is 1. The maximum atomic E-state index is 6.33. The molecule has 0 saturated carbocycles. The molecule has 96 valence electrons. The summed E-state index contributed by atoms with van der Waals surface area (Å²) in [4.78, 5) is 0. The van der Waals surface area contributed by atoms with Crippen molar-refractivity contribution in [1.82, 2.24) is 0 Å². The molecule has 0 aliphatic rings. The minimum Gasteiger partial charge on any atom is -0.497 e. The first-order chi connectivity index (χ1) is 8.13. The summed E-state index contributed by atoms with van der Waals surface area (Å²) in [5, 5.41) is 0. The van der Waals surface area contributed by atoms with Crippen LogP contribution in [0.4, 0.5) is 0 Å². The van der Waals surface area contributed by atoms with E-state index in [4.69, 9.17) is 15.2 Å².